The molecule has 0 aliphatic rings. The van der Waals surface area contributed by atoms with Gasteiger partial charge in [0.15, 0.2) is 0 Å². The molecule has 0 atom stereocenters. The Kier molecular flexibility index (Phi) is 3.12. The lowest BCUT2D eigenvalue weighted by molar-refractivity contribution is 0.0695. The van der Waals surface area contributed by atoms with Crippen molar-refractivity contribution in [2.24, 2.45) is 0 Å². The molecule has 3 nitrogen and oxygen atoms in total. The molecule has 0 saturated heterocycles. The number of aromatic nitrogens is 1. The molecule has 0 saturated carbocycles. The van der Waals surface area contributed by atoms with E-state index in [4.69, 9.17) is 5.11 Å². The van der Waals surface area contributed by atoms with E-state index in [1.54, 1.807) is 18.3 Å². The van der Waals surface area contributed by atoms with Crippen molar-refractivity contribution in [3.63, 3.8) is 0 Å². The van der Waals surface area contributed by atoms with Crippen LogP contribution in [0.15, 0.2) is 24.9 Å². The molecule has 14 heavy (non-hydrogen) atoms. The van der Waals surface area contributed by atoms with Crippen LogP contribution in [0.2, 0.25) is 0 Å². The number of hydrogen-bond donors (Lipinski definition) is 1. The monoisotopic (exact) mass is 193 g/mol. The Balaban J connectivity index is 3.19. The smallest absolute Gasteiger partial charge is 0.337 e. The van der Waals surface area contributed by atoms with Crippen LogP contribution in [0.25, 0.3) is 0 Å². The third kappa shape index (κ3) is 1.87. The van der Waals surface area contributed by atoms with E-state index >= 15 is 0 Å². The van der Waals surface area contributed by atoms with Gasteiger partial charge in [-0.25, -0.2) is 4.79 Å². The van der Waals surface area contributed by atoms with Crippen molar-refractivity contribution in [2.45, 2.75) is 26.3 Å². The van der Waals surface area contributed by atoms with Crippen LogP contribution in [0.3, 0.4) is 0 Å². The second-order valence-corrected chi connectivity index (χ2v) is 3.52. The first-order valence-electron chi connectivity index (χ1n) is 4.61. The lowest BCUT2D eigenvalue weighted by Crippen LogP contribution is -2.07. The molecule has 3 heteroatoms. The van der Waals surface area contributed by atoms with Gasteiger partial charge in [0.25, 0.3) is 0 Å². The van der Waals surface area contributed by atoms with Crippen LogP contribution in [-0.4, -0.2) is 15.6 Å². The molecule has 1 aromatic rings. The van der Waals surface area contributed by atoms with Crippen LogP contribution in [0.1, 0.15) is 35.8 Å². The normalized spacial score (nSPS) is 10.5. The number of hydrogen-bond acceptors (Lipinski definition) is 1. The second kappa shape index (κ2) is 4.13. The predicted octanol–water partition coefficient (Wildman–Crippen LogP) is 2.50. The van der Waals surface area contributed by atoms with Crippen LogP contribution in [0, 0.1) is 0 Å². The number of carboxylic acids is 1. The Labute approximate surface area is 83.7 Å². The van der Waals surface area contributed by atoms with Gasteiger partial charge in [0.05, 0.1) is 5.56 Å². The quantitative estimate of drug-likeness (QED) is 0.746. The molecule has 0 amide bonds. The molecule has 1 N–H and O–H groups in total. The predicted molar refractivity (Wildman–Crippen MR) is 55.7 cm³/mol. The summed E-state index contributed by atoms with van der Waals surface area (Å²) in [5.41, 5.74) is 1.25. The van der Waals surface area contributed by atoms with Gasteiger partial charge in [0, 0.05) is 18.4 Å². The van der Waals surface area contributed by atoms with Gasteiger partial charge in [0.2, 0.25) is 0 Å². The molecule has 1 rings (SSSR count). The largest absolute Gasteiger partial charge is 0.478 e. The van der Waals surface area contributed by atoms with Crippen molar-refractivity contribution in [1.29, 1.82) is 0 Å². The Morgan fingerprint density at radius 3 is 2.79 bits per heavy atom. The zero-order valence-corrected chi connectivity index (χ0v) is 8.53. The van der Waals surface area contributed by atoms with E-state index in [0.29, 0.717) is 12.1 Å². The maximum Gasteiger partial charge on any atom is 0.337 e. The van der Waals surface area contributed by atoms with E-state index in [1.807, 2.05) is 18.4 Å². The van der Waals surface area contributed by atoms with E-state index in [1.165, 1.54) is 0 Å². The zero-order chi connectivity index (χ0) is 10.7. The molecule has 0 spiro atoms. The van der Waals surface area contributed by atoms with Gasteiger partial charge < -0.3 is 9.67 Å². The average molecular weight is 193 g/mol. The van der Waals surface area contributed by atoms with Crippen LogP contribution < -0.4 is 0 Å². The summed E-state index contributed by atoms with van der Waals surface area (Å²) in [6.45, 7) is 8.27. The number of allylic oxidation sites excluding steroid dienone is 1. The molecule has 1 heterocycles. The summed E-state index contributed by atoms with van der Waals surface area (Å²) in [4.78, 5) is 10.9. The van der Waals surface area contributed by atoms with Gasteiger partial charge in [-0.3, -0.25) is 0 Å². The van der Waals surface area contributed by atoms with Gasteiger partial charge in [-0.15, -0.1) is 6.58 Å². The van der Waals surface area contributed by atoms with E-state index in [9.17, 15) is 4.79 Å². The number of carbonyl (C=O) groups is 1. The third-order valence-electron chi connectivity index (χ3n) is 2.11. The molecule has 76 valence electrons. The Morgan fingerprint density at radius 1 is 1.71 bits per heavy atom. The minimum absolute atomic E-state index is 0.205. The second-order valence-electron chi connectivity index (χ2n) is 3.52. The summed E-state index contributed by atoms with van der Waals surface area (Å²) in [5.74, 6) is -0.660. The van der Waals surface area contributed by atoms with Crippen molar-refractivity contribution in [2.75, 3.05) is 0 Å². The van der Waals surface area contributed by atoms with Gasteiger partial charge >= 0.3 is 5.97 Å². The highest BCUT2D eigenvalue weighted by Crippen LogP contribution is 2.21. The molecule has 0 aliphatic carbocycles. The number of rotatable bonds is 4. The van der Waals surface area contributed by atoms with Crippen molar-refractivity contribution in [3.8, 4) is 0 Å². The molecular formula is C11H15NO2. The van der Waals surface area contributed by atoms with Crippen LogP contribution in [-0.2, 0) is 6.54 Å². The van der Waals surface area contributed by atoms with Crippen LogP contribution >= 0.6 is 0 Å². The topological polar surface area (TPSA) is 42.2 Å². The Hall–Kier alpha value is -1.51. The molecule has 0 radical (unpaired) electrons. The highest BCUT2D eigenvalue weighted by Gasteiger charge is 2.16. The average Bonchev–Trinajstić information content (AvgIpc) is 2.48. The number of aromatic carboxylic acids is 1. The summed E-state index contributed by atoms with van der Waals surface area (Å²) in [6, 6.07) is 1.64. The van der Waals surface area contributed by atoms with Crippen LogP contribution in [0.4, 0.5) is 0 Å². The fourth-order valence-electron chi connectivity index (χ4n) is 1.61. The summed E-state index contributed by atoms with van der Waals surface area (Å²) >= 11 is 0. The molecule has 0 fully saturated rings. The first-order valence-corrected chi connectivity index (χ1v) is 4.61. The van der Waals surface area contributed by atoms with Gasteiger partial charge in [-0.05, 0) is 12.0 Å². The fourth-order valence-corrected chi connectivity index (χ4v) is 1.61. The molecule has 0 bridgehead atoms. The zero-order valence-electron chi connectivity index (χ0n) is 8.53. The number of carboxylic acid groups (broad SMARTS) is 1. The van der Waals surface area contributed by atoms with Gasteiger partial charge in [-0.1, -0.05) is 19.9 Å². The van der Waals surface area contributed by atoms with E-state index in [2.05, 4.69) is 6.58 Å². The van der Waals surface area contributed by atoms with E-state index in [-0.39, 0.29) is 5.92 Å². The molecular weight excluding hydrogens is 178 g/mol. The summed E-state index contributed by atoms with van der Waals surface area (Å²) in [5, 5.41) is 8.96. The van der Waals surface area contributed by atoms with Crippen molar-refractivity contribution >= 4 is 5.97 Å². The summed E-state index contributed by atoms with van der Waals surface area (Å²) in [6.07, 6.45) is 3.55. The molecule has 1 aromatic heterocycles. The molecule has 0 aromatic carbocycles. The van der Waals surface area contributed by atoms with Crippen molar-refractivity contribution < 1.29 is 9.90 Å². The lowest BCUT2D eigenvalue weighted by Gasteiger charge is -2.11. The third-order valence-corrected chi connectivity index (χ3v) is 2.11. The highest BCUT2D eigenvalue weighted by atomic mass is 16.4. The molecule has 0 unspecified atom stereocenters. The minimum atomic E-state index is -0.864. The van der Waals surface area contributed by atoms with Gasteiger partial charge in [0.1, 0.15) is 0 Å². The van der Waals surface area contributed by atoms with Gasteiger partial charge in [-0.2, -0.15) is 0 Å². The van der Waals surface area contributed by atoms with Crippen LogP contribution in [0.5, 0.6) is 0 Å². The first-order chi connectivity index (χ1) is 6.57. The standard InChI is InChI=1S/C11H15NO2/c1-4-6-12-7-5-9(11(13)14)10(12)8(2)3/h4-5,7-8H,1,6H2,2-3H3,(H,13,14). The van der Waals surface area contributed by atoms with E-state index in [0.717, 1.165) is 5.69 Å². The SMILES string of the molecule is C=CCn1ccc(C(=O)O)c1C(C)C. The Morgan fingerprint density at radius 2 is 2.36 bits per heavy atom. The maximum absolute atomic E-state index is 10.9. The Bertz CT molecular complexity index is 350. The van der Waals surface area contributed by atoms with E-state index < -0.39 is 5.97 Å². The first kappa shape index (κ1) is 10.6. The maximum atomic E-state index is 10.9. The lowest BCUT2D eigenvalue weighted by atomic mass is 10.1. The van der Waals surface area contributed by atoms with Crippen molar-refractivity contribution in [3.05, 3.63) is 36.2 Å². The highest BCUT2D eigenvalue weighted by molar-refractivity contribution is 5.89. The summed E-state index contributed by atoms with van der Waals surface area (Å²) < 4.78 is 1.92. The molecule has 0 aliphatic heterocycles. The van der Waals surface area contributed by atoms with Crippen molar-refractivity contribution in [1.82, 2.24) is 4.57 Å². The summed E-state index contributed by atoms with van der Waals surface area (Å²) in [7, 11) is 0. The number of nitrogens with zero attached hydrogens (tertiary/aromatic N) is 1. The fraction of sp³-hybridized carbons (Fsp3) is 0.364. The minimum Gasteiger partial charge on any atom is -0.478 e.